The van der Waals surface area contributed by atoms with E-state index in [4.69, 9.17) is 5.11 Å². The molecule has 0 amide bonds. The van der Waals surface area contributed by atoms with E-state index in [1.807, 2.05) is 30.3 Å². The first-order chi connectivity index (χ1) is 7.77. The van der Waals surface area contributed by atoms with Crippen LogP contribution in [0.2, 0.25) is 0 Å². The minimum Gasteiger partial charge on any atom is -0.480 e. The molecule has 1 N–H and O–H groups in total. The highest BCUT2D eigenvalue weighted by Gasteiger charge is 2.29. The Labute approximate surface area is 94.2 Å². The van der Waals surface area contributed by atoms with Gasteiger partial charge in [0, 0.05) is 6.54 Å². The molecule has 16 heavy (non-hydrogen) atoms. The first kappa shape index (κ1) is 10.7. The highest BCUT2D eigenvalue weighted by Crippen LogP contribution is 2.17. The molecular formula is C12H14N2O2. The fourth-order valence-corrected chi connectivity index (χ4v) is 1.82. The molecule has 1 fully saturated rings. The quantitative estimate of drug-likeness (QED) is 0.783. The number of carboxylic acid groups (broad SMARTS) is 1. The molecule has 0 spiro atoms. The smallest absolute Gasteiger partial charge is 0.328 e. The number of benzene rings is 1. The predicted octanol–water partition coefficient (Wildman–Crippen LogP) is 1.57. The standard InChI is InChI=1S/C12H14N2O2/c15-12(16)11-7-4-8-14(11)13-9-10-5-2-1-3-6-10/h1-3,5-6,9,11H,4,7-8H2,(H,15,16). The summed E-state index contributed by atoms with van der Waals surface area (Å²) in [5.41, 5.74) is 0.985. The van der Waals surface area contributed by atoms with Crippen molar-refractivity contribution in [1.29, 1.82) is 0 Å². The lowest BCUT2D eigenvalue weighted by molar-refractivity contribution is -0.142. The van der Waals surface area contributed by atoms with E-state index in [-0.39, 0.29) is 0 Å². The van der Waals surface area contributed by atoms with Crippen LogP contribution in [0.15, 0.2) is 35.4 Å². The molecule has 0 bridgehead atoms. The van der Waals surface area contributed by atoms with Crippen molar-refractivity contribution in [3.63, 3.8) is 0 Å². The second-order valence-electron chi connectivity index (χ2n) is 3.81. The zero-order valence-corrected chi connectivity index (χ0v) is 8.91. The third kappa shape index (κ3) is 2.39. The second kappa shape index (κ2) is 4.79. The molecule has 4 nitrogen and oxygen atoms in total. The van der Waals surface area contributed by atoms with Gasteiger partial charge in [0.2, 0.25) is 0 Å². The summed E-state index contributed by atoms with van der Waals surface area (Å²) in [5.74, 6) is -0.789. The number of carbonyl (C=O) groups is 1. The minimum atomic E-state index is -0.789. The summed E-state index contributed by atoms with van der Waals surface area (Å²) in [6, 6.07) is 9.22. The van der Waals surface area contributed by atoms with Crippen LogP contribution in [0.5, 0.6) is 0 Å². The molecule has 84 valence electrons. The Morgan fingerprint density at radius 2 is 2.19 bits per heavy atom. The van der Waals surface area contributed by atoms with E-state index in [1.54, 1.807) is 11.2 Å². The molecule has 1 unspecified atom stereocenters. The topological polar surface area (TPSA) is 52.9 Å². The zero-order valence-electron chi connectivity index (χ0n) is 8.91. The van der Waals surface area contributed by atoms with Crippen LogP contribution < -0.4 is 0 Å². The molecule has 1 aromatic carbocycles. The van der Waals surface area contributed by atoms with Gasteiger partial charge in [0.05, 0.1) is 6.21 Å². The third-order valence-corrected chi connectivity index (χ3v) is 2.66. The van der Waals surface area contributed by atoms with Gasteiger partial charge in [-0.25, -0.2) is 4.79 Å². The van der Waals surface area contributed by atoms with Gasteiger partial charge in [0.1, 0.15) is 6.04 Å². The summed E-state index contributed by atoms with van der Waals surface area (Å²) in [4.78, 5) is 10.9. The SMILES string of the molecule is O=C(O)C1CCCN1N=Cc1ccccc1. The van der Waals surface area contributed by atoms with Crippen LogP contribution in [0.4, 0.5) is 0 Å². The van der Waals surface area contributed by atoms with Gasteiger partial charge in [0.25, 0.3) is 0 Å². The molecule has 0 aliphatic carbocycles. The van der Waals surface area contributed by atoms with Crippen molar-refractivity contribution in [2.75, 3.05) is 6.54 Å². The van der Waals surface area contributed by atoms with E-state index in [9.17, 15) is 4.79 Å². The van der Waals surface area contributed by atoms with Gasteiger partial charge >= 0.3 is 5.97 Å². The van der Waals surface area contributed by atoms with Gasteiger partial charge in [0.15, 0.2) is 0 Å². The molecule has 2 rings (SSSR count). The highest BCUT2D eigenvalue weighted by molar-refractivity contribution is 5.79. The normalized spacial score (nSPS) is 20.5. The van der Waals surface area contributed by atoms with E-state index in [2.05, 4.69) is 5.10 Å². The van der Waals surface area contributed by atoms with Crippen LogP contribution in [-0.4, -0.2) is 34.9 Å². The fraction of sp³-hybridized carbons (Fsp3) is 0.333. The van der Waals surface area contributed by atoms with Crippen LogP contribution in [0.25, 0.3) is 0 Å². The first-order valence-electron chi connectivity index (χ1n) is 5.36. The minimum absolute atomic E-state index is 0.458. The van der Waals surface area contributed by atoms with Gasteiger partial charge in [-0.1, -0.05) is 30.3 Å². The largest absolute Gasteiger partial charge is 0.480 e. The summed E-state index contributed by atoms with van der Waals surface area (Å²) in [6.45, 7) is 0.723. The van der Waals surface area contributed by atoms with E-state index in [0.29, 0.717) is 6.42 Å². The summed E-state index contributed by atoms with van der Waals surface area (Å²) in [5, 5.41) is 14.8. The van der Waals surface area contributed by atoms with E-state index >= 15 is 0 Å². The monoisotopic (exact) mass is 218 g/mol. The van der Waals surface area contributed by atoms with E-state index in [0.717, 1.165) is 18.5 Å². The van der Waals surface area contributed by atoms with Crippen molar-refractivity contribution < 1.29 is 9.90 Å². The maximum Gasteiger partial charge on any atom is 0.328 e. The number of hydrogen-bond acceptors (Lipinski definition) is 3. The van der Waals surface area contributed by atoms with Crippen molar-refractivity contribution in [3.8, 4) is 0 Å². The molecule has 4 heteroatoms. The second-order valence-corrected chi connectivity index (χ2v) is 3.81. The Kier molecular flexibility index (Phi) is 3.19. The number of rotatable bonds is 3. The summed E-state index contributed by atoms with van der Waals surface area (Å²) < 4.78 is 0. The van der Waals surface area contributed by atoms with Crippen molar-refractivity contribution in [1.82, 2.24) is 5.01 Å². The Bertz CT molecular complexity index is 389. The summed E-state index contributed by atoms with van der Waals surface area (Å²) >= 11 is 0. The molecule has 1 heterocycles. The Morgan fingerprint density at radius 1 is 1.44 bits per heavy atom. The van der Waals surface area contributed by atoms with Gasteiger partial charge in [-0.15, -0.1) is 0 Å². The third-order valence-electron chi connectivity index (χ3n) is 2.66. The summed E-state index contributed by atoms with van der Waals surface area (Å²) in [7, 11) is 0. The van der Waals surface area contributed by atoms with Gasteiger partial charge < -0.3 is 5.11 Å². The highest BCUT2D eigenvalue weighted by atomic mass is 16.4. The lowest BCUT2D eigenvalue weighted by Gasteiger charge is -2.16. The average molecular weight is 218 g/mol. The molecule has 0 aromatic heterocycles. The van der Waals surface area contributed by atoms with Crippen molar-refractivity contribution >= 4 is 12.2 Å². The van der Waals surface area contributed by atoms with Crippen LogP contribution in [-0.2, 0) is 4.79 Å². The van der Waals surface area contributed by atoms with E-state index in [1.165, 1.54) is 0 Å². The van der Waals surface area contributed by atoms with Crippen molar-refractivity contribution in [2.24, 2.45) is 5.10 Å². The molecule has 1 saturated heterocycles. The molecule has 1 aliphatic rings. The van der Waals surface area contributed by atoms with Crippen LogP contribution in [0, 0.1) is 0 Å². The molecule has 0 saturated carbocycles. The Balaban J connectivity index is 2.04. The Hall–Kier alpha value is -1.84. The van der Waals surface area contributed by atoms with Crippen molar-refractivity contribution in [3.05, 3.63) is 35.9 Å². The van der Waals surface area contributed by atoms with Gasteiger partial charge in [-0.05, 0) is 18.4 Å². The Morgan fingerprint density at radius 3 is 2.88 bits per heavy atom. The predicted molar refractivity (Wildman–Crippen MR) is 61.4 cm³/mol. The number of carboxylic acids is 1. The molecular weight excluding hydrogens is 204 g/mol. The van der Waals surface area contributed by atoms with Crippen LogP contribution in [0.1, 0.15) is 18.4 Å². The molecule has 1 atom stereocenters. The molecule has 0 radical (unpaired) electrons. The van der Waals surface area contributed by atoms with Crippen molar-refractivity contribution in [2.45, 2.75) is 18.9 Å². The van der Waals surface area contributed by atoms with E-state index < -0.39 is 12.0 Å². The average Bonchev–Trinajstić information content (AvgIpc) is 2.76. The van der Waals surface area contributed by atoms with Gasteiger partial charge in [-0.2, -0.15) is 5.10 Å². The van der Waals surface area contributed by atoms with Gasteiger partial charge in [-0.3, -0.25) is 5.01 Å². The van der Waals surface area contributed by atoms with Crippen LogP contribution >= 0.6 is 0 Å². The number of nitrogens with zero attached hydrogens (tertiary/aromatic N) is 2. The molecule has 1 aromatic rings. The number of aliphatic carboxylic acids is 1. The number of hydrazone groups is 1. The van der Waals surface area contributed by atoms with Crippen LogP contribution in [0.3, 0.4) is 0 Å². The maximum atomic E-state index is 10.9. The maximum absolute atomic E-state index is 10.9. The lowest BCUT2D eigenvalue weighted by atomic mass is 10.2. The zero-order chi connectivity index (χ0) is 11.4. The lowest BCUT2D eigenvalue weighted by Crippen LogP contribution is -2.31. The molecule has 1 aliphatic heterocycles. The number of hydrogen-bond donors (Lipinski definition) is 1. The summed E-state index contributed by atoms with van der Waals surface area (Å²) in [6.07, 6.45) is 3.28. The first-order valence-corrected chi connectivity index (χ1v) is 5.36. The fourth-order valence-electron chi connectivity index (χ4n) is 1.82.